The van der Waals surface area contributed by atoms with Crippen LogP contribution in [-0.4, -0.2) is 48.6 Å². The molecule has 2 aliphatic carbocycles. The molecule has 114 valence electrons. The van der Waals surface area contributed by atoms with Gasteiger partial charge in [-0.25, -0.2) is 0 Å². The molecule has 0 aromatic heterocycles. The maximum absolute atomic E-state index is 2.78. The van der Waals surface area contributed by atoms with E-state index in [0.29, 0.717) is 5.54 Å². The first kappa shape index (κ1) is 13.6. The molecule has 2 heteroatoms. The second kappa shape index (κ2) is 4.71. The molecule has 20 heavy (non-hydrogen) atoms. The number of hydrogen-bond acceptors (Lipinski definition) is 2. The maximum atomic E-state index is 2.78. The van der Waals surface area contributed by atoms with E-state index in [-0.39, 0.29) is 0 Å². The van der Waals surface area contributed by atoms with Crippen LogP contribution < -0.4 is 0 Å². The van der Waals surface area contributed by atoms with Gasteiger partial charge in [-0.15, -0.1) is 0 Å². The summed E-state index contributed by atoms with van der Waals surface area (Å²) >= 11 is 0. The molecule has 2 saturated heterocycles. The van der Waals surface area contributed by atoms with Crippen LogP contribution in [-0.2, 0) is 0 Å². The third-order valence-electron chi connectivity index (χ3n) is 7.57. The number of hydrogen-bond donors (Lipinski definition) is 0. The Bertz CT molecular complexity index is 382. The van der Waals surface area contributed by atoms with Gasteiger partial charge in [0.2, 0.25) is 0 Å². The van der Waals surface area contributed by atoms with Crippen LogP contribution in [0.1, 0.15) is 51.9 Å². The molecule has 0 amide bonds. The number of rotatable bonds is 0. The highest BCUT2D eigenvalue weighted by molar-refractivity contribution is 5.10. The monoisotopic (exact) mass is 276 g/mol. The molecular formula is C18H32N2. The molecule has 4 aliphatic rings. The van der Waals surface area contributed by atoms with E-state index in [9.17, 15) is 0 Å². The van der Waals surface area contributed by atoms with E-state index in [4.69, 9.17) is 0 Å². The fraction of sp³-hybridized carbons (Fsp3) is 1.00. The standard InChI is InChI=1S/C18H32N2/c1-13-8-14-11-18(6-4-5-7-20(18)3)15-10-16(14)17(9-13)19(2)12-15/h13-17H,4-12H2,1-3H3/t13-,14+,15-,16-,17+,18-/m0/s1. The quantitative estimate of drug-likeness (QED) is 0.670. The number of nitrogens with zero attached hydrogens (tertiary/aromatic N) is 2. The van der Waals surface area contributed by atoms with Crippen LogP contribution in [0.15, 0.2) is 0 Å². The van der Waals surface area contributed by atoms with E-state index in [2.05, 4.69) is 30.8 Å². The van der Waals surface area contributed by atoms with Gasteiger partial charge in [-0.3, -0.25) is 0 Å². The zero-order chi connectivity index (χ0) is 13.9. The topological polar surface area (TPSA) is 6.48 Å². The highest BCUT2D eigenvalue weighted by Crippen LogP contribution is 2.56. The van der Waals surface area contributed by atoms with Crippen molar-refractivity contribution in [3.63, 3.8) is 0 Å². The van der Waals surface area contributed by atoms with Crippen molar-refractivity contribution in [3.05, 3.63) is 0 Å². The molecule has 2 aliphatic heterocycles. The van der Waals surface area contributed by atoms with Crippen LogP contribution in [0.2, 0.25) is 0 Å². The number of piperidine rings is 2. The molecule has 2 saturated carbocycles. The van der Waals surface area contributed by atoms with E-state index in [1.807, 2.05) is 0 Å². The first-order valence-electron chi connectivity index (χ1n) is 9.01. The van der Waals surface area contributed by atoms with Crippen LogP contribution in [0.5, 0.6) is 0 Å². The van der Waals surface area contributed by atoms with Gasteiger partial charge in [0.05, 0.1) is 0 Å². The summed E-state index contributed by atoms with van der Waals surface area (Å²) in [4.78, 5) is 5.54. The summed E-state index contributed by atoms with van der Waals surface area (Å²) in [6, 6.07) is 0.909. The van der Waals surface area contributed by atoms with Gasteiger partial charge in [-0.2, -0.15) is 0 Å². The Hall–Kier alpha value is -0.0800. The Kier molecular flexibility index (Phi) is 3.20. The Balaban J connectivity index is 1.68. The maximum Gasteiger partial charge on any atom is 0.0249 e. The van der Waals surface area contributed by atoms with E-state index >= 15 is 0 Å². The highest BCUT2D eigenvalue weighted by Gasteiger charge is 2.56. The van der Waals surface area contributed by atoms with Crippen molar-refractivity contribution in [1.29, 1.82) is 0 Å². The van der Waals surface area contributed by atoms with Gasteiger partial charge in [-0.05, 0) is 82.8 Å². The molecule has 6 atom stereocenters. The van der Waals surface area contributed by atoms with Gasteiger partial charge >= 0.3 is 0 Å². The molecule has 2 nitrogen and oxygen atoms in total. The minimum absolute atomic E-state index is 0.565. The summed E-state index contributed by atoms with van der Waals surface area (Å²) in [5.41, 5.74) is 0.565. The average Bonchev–Trinajstić information content (AvgIpc) is 2.42. The average molecular weight is 276 g/mol. The van der Waals surface area contributed by atoms with Gasteiger partial charge in [0, 0.05) is 18.1 Å². The van der Waals surface area contributed by atoms with Crippen molar-refractivity contribution in [2.75, 3.05) is 27.2 Å². The highest BCUT2D eigenvalue weighted by atomic mass is 15.2. The smallest absolute Gasteiger partial charge is 0.0249 e. The molecule has 2 bridgehead atoms. The summed E-state index contributed by atoms with van der Waals surface area (Å²) in [7, 11) is 4.85. The lowest BCUT2D eigenvalue weighted by Gasteiger charge is -2.64. The minimum Gasteiger partial charge on any atom is -0.303 e. The van der Waals surface area contributed by atoms with Gasteiger partial charge in [0.15, 0.2) is 0 Å². The minimum atomic E-state index is 0.565. The summed E-state index contributed by atoms with van der Waals surface area (Å²) in [5, 5.41) is 0. The molecule has 0 aromatic carbocycles. The first-order chi connectivity index (χ1) is 9.60. The van der Waals surface area contributed by atoms with Crippen molar-refractivity contribution in [1.82, 2.24) is 9.80 Å². The van der Waals surface area contributed by atoms with Crippen LogP contribution >= 0.6 is 0 Å². The second-order valence-electron chi connectivity index (χ2n) is 8.63. The van der Waals surface area contributed by atoms with E-state index in [0.717, 1.165) is 29.7 Å². The van der Waals surface area contributed by atoms with Crippen LogP contribution in [0.4, 0.5) is 0 Å². The molecule has 0 radical (unpaired) electrons. The van der Waals surface area contributed by atoms with Crippen LogP contribution in [0.25, 0.3) is 0 Å². The molecule has 4 fully saturated rings. The second-order valence-corrected chi connectivity index (χ2v) is 8.63. The number of fused-ring (bicyclic) bond motifs is 2. The van der Waals surface area contributed by atoms with Gasteiger partial charge in [0.25, 0.3) is 0 Å². The Labute approximate surface area is 124 Å². The van der Waals surface area contributed by atoms with Crippen molar-refractivity contribution in [3.8, 4) is 0 Å². The third-order valence-corrected chi connectivity index (χ3v) is 7.57. The lowest BCUT2D eigenvalue weighted by atomic mass is 9.53. The summed E-state index contributed by atoms with van der Waals surface area (Å²) < 4.78 is 0. The molecule has 2 heterocycles. The molecular weight excluding hydrogens is 244 g/mol. The van der Waals surface area contributed by atoms with Crippen molar-refractivity contribution >= 4 is 0 Å². The van der Waals surface area contributed by atoms with E-state index < -0.39 is 0 Å². The molecule has 0 unspecified atom stereocenters. The Morgan fingerprint density at radius 1 is 1.05 bits per heavy atom. The first-order valence-corrected chi connectivity index (χ1v) is 9.01. The zero-order valence-electron chi connectivity index (χ0n) is 13.6. The summed E-state index contributed by atoms with van der Waals surface area (Å²) in [6.45, 7) is 5.21. The Morgan fingerprint density at radius 3 is 2.70 bits per heavy atom. The predicted molar refractivity (Wildman–Crippen MR) is 83.7 cm³/mol. The molecule has 0 aromatic rings. The SMILES string of the molecule is C[C@H]1C[C@@H]2C[C@@]3(CCCCN3C)[C@H]3C[C@@H]2[C@@H](C1)N(C)C3. The fourth-order valence-corrected chi connectivity index (χ4v) is 6.64. The van der Waals surface area contributed by atoms with Gasteiger partial charge in [0.1, 0.15) is 0 Å². The molecule has 1 spiro atoms. The third kappa shape index (κ3) is 1.83. The fourth-order valence-electron chi connectivity index (χ4n) is 6.64. The zero-order valence-corrected chi connectivity index (χ0v) is 13.6. The lowest BCUT2D eigenvalue weighted by Crippen LogP contribution is -2.67. The van der Waals surface area contributed by atoms with Crippen LogP contribution in [0, 0.1) is 23.7 Å². The van der Waals surface area contributed by atoms with Crippen LogP contribution in [0.3, 0.4) is 0 Å². The Morgan fingerprint density at radius 2 is 1.90 bits per heavy atom. The molecule has 4 rings (SSSR count). The van der Waals surface area contributed by atoms with Gasteiger partial charge < -0.3 is 9.80 Å². The van der Waals surface area contributed by atoms with E-state index in [1.165, 1.54) is 58.0 Å². The van der Waals surface area contributed by atoms with Crippen molar-refractivity contribution < 1.29 is 0 Å². The van der Waals surface area contributed by atoms with Crippen molar-refractivity contribution in [2.24, 2.45) is 23.7 Å². The summed E-state index contributed by atoms with van der Waals surface area (Å²) in [5.74, 6) is 3.94. The largest absolute Gasteiger partial charge is 0.303 e. The van der Waals surface area contributed by atoms with Gasteiger partial charge in [-0.1, -0.05) is 13.3 Å². The number of likely N-dealkylation sites (tertiary alicyclic amines) is 2. The molecule has 0 N–H and O–H groups in total. The summed E-state index contributed by atoms with van der Waals surface area (Å²) in [6.07, 6.45) is 10.4. The predicted octanol–water partition coefficient (Wildman–Crippen LogP) is 3.23. The van der Waals surface area contributed by atoms with E-state index in [1.54, 1.807) is 0 Å². The van der Waals surface area contributed by atoms with Crippen molar-refractivity contribution in [2.45, 2.75) is 63.5 Å². The lowest BCUT2D eigenvalue weighted by molar-refractivity contribution is -0.128. The normalized spacial score (nSPS) is 53.2.